The highest BCUT2D eigenvalue weighted by atomic mass is 16.6. The molecule has 416 valence electrons. The van der Waals surface area contributed by atoms with Crippen LogP contribution in [-0.4, -0.2) is 37.2 Å². The van der Waals surface area contributed by atoms with Gasteiger partial charge in [-0.15, -0.1) is 0 Å². The molecule has 0 unspecified atom stereocenters. The van der Waals surface area contributed by atoms with Gasteiger partial charge in [-0.25, -0.2) is 0 Å². The standard InChI is InChI=1S/C64H124O6/c1-6-7-8-9-10-11-12-13-14-15-19-23-26-29-36-41-46-51-56-64(67)70-61(58-69-63(66)55-50-45-40-35-31-30-33-38-43-48-53-60(4)5)57-68-62(65)54-49-44-39-34-28-25-22-20-17-16-18-21-24-27-32-37-42-47-52-59(2)3/h59-61H,6-58H2,1-5H3/t61-/m1/s1. The molecule has 6 nitrogen and oxygen atoms in total. The molecular formula is C64H124O6. The van der Waals surface area contributed by atoms with Crippen molar-refractivity contribution in [3.05, 3.63) is 0 Å². The number of unbranched alkanes of at least 4 members (excludes halogenated alkanes) is 43. The molecule has 0 heterocycles. The maximum Gasteiger partial charge on any atom is 0.306 e. The summed E-state index contributed by atoms with van der Waals surface area (Å²) < 4.78 is 16.9. The molecule has 0 aromatic carbocycles. The number of carbonyl (C=O) groups excluding carboxylic acids is 3. The van der Waals surface area contributed by atoms with Crippen LogP contribution in [0.2, 0.25) is 0 Å². The molecular weight excluding hydrogens is 865 g/mol. The van der Waals surface area contributed by atoms with E-state index in [2.05, 4.69) is 34.6 Å². The minimum absolute atomic E-state index is 0.0621. The van der Waals surface area contributed by atoms with Gasteiger partial charge in [-0.2, -0.15) is 0 Å². The molecule has 0 aromatic rings. The summed E-state index contributed by atoms with van der Waals surface area (Å²) in [7, 11) is 0. The number of hydrogen-bond donors (Lipinski definition) is 0. The van der Waals surface area contributed by atoms with Crippen molar-refractivity contribution in [1.29, 1.82) is 0 Å². The van der Waals surface area contributed by atoms with E-state index in [0.29, 0.717) is 19.3 Å². The van der Waals surface area contributed by atoms with Gasteiger partial charge in [0, 0.05) is 19.3 Å². The van der Waals surface area contributed by atoms with Crippen LogP contribution in [0.5, 0.6) is 0 Å². The van der Waals surface area contributed by atoms with E-state index in [9.17, 15) is 14.4 Å². The largest absolute Gasteiger partial charge is 0.462 e. The third-order valence-corrected chi connectivity index (χ3v) is 14.7. The third kappa shape index (κ3) is 57.3. The molecule has 0 saturated carbocycles. The lowest BCUT2D eigenvalue weighted by atomic mass is 10.0. The first-order valence-electron chi connectivity index (χ1n) is 31.7. The van der Waals surface area contributed by atoms with E-state index in [1.54, 1.807) is 0 Å². The second kappa shape index (κ2) is 56.7. The van der Waals surface area contributed by atoms with Crippen molar-refractivity contribution in [1.82, 2.24) is 0 Å². The monoisotopic (exact) mass is 989 g/mol. The van der Waals surface area contributed by atoms with E-state index in [1.807, 2.05) is 0 Å². The van der Waals surface area contributed by atoms with Crippen molar-refractivity contribution in [2.45, 2.75) is 368 Å². The number of carbonyl (C=O) groups is 3. The van der Waals surface area contributed by atoms with Crippen molar-refractivity contribution in [3.8, 4) is 0 Å². The molecule has 0 amide bonds. The van der Waals surface area contributed by atoms with Gasteiger partial charge in [0.25, 0.3) is 0 Å². The van der Waals surface area contributed by atoms with Gasteiger partial charge in [0.15, 0.2) is 6.10 Å². The quantitative estimate of drug-likeness (QED) is 0.0343. The normalized spacial score (nSPS) is 12.0. The van der Waals surface area contributed by atoms with Crippen LogP contribution in [0.4, 0.5) is 0 Å². The molecule has 0 aromatic heterocycles. The van der Waals surface area contributed by atoms with Crippen LogP contribution in [0.15, 0.2) is 0 Å². The first kappa shape index (κ1) is 68.4. The van der Waals surface area contributed by atoms with Crippen LogP contribution in [0.1, 0.15) is 362 Å². The van der Waals surface area contributed by atoms with E-state index in [1.165, 1.54) is 250 Å². The molecule has 0 radical (unpaired) electrons. The molecule has 0 aliphatic rings. The summed E-state index contributed by atoms with van der Waals surface area (Å²) in [4.78, 5) is 38.3. The molecule has 0 N–H and O–H groups in total. The highest BCUT2D eigenvalue weighted by Crippen LogP contribution is 2.19. The van der Waals surface area contributed by atoms with Crippen molar-refractivity contribution < 1.29 is 28.6 Å². The van der Waals surface area contributed by atoms with E-state index in [-0.39, 0.29) is 31.1 Å². The van der Waals surface area contributed by atoms with Gasteiger partial charge in [-0.05, 0) is 31.1 Å². The Morgan fingerprint density at radius 1 is 0.271 bits per heavy atom. The van der Waals surface area contributed by atoms with Gasteiger partial charge < -0.3 is 14.2 Å². The first-order valence-corrected chi connectivity index (χ1v) is 31.7. The maximum atomic E-state index is 12.9. The van der Waals surface area contributed by atoms with Gasteiger partial charge in [0.2, 0.25) is 0 Å². The first-order chi connectivity index (χ1) is 34.2. The Bertz CT molecular complexity index is 1070. The van der Waals surface area contributed by atoms with E-state index >= 15 is 0 Å². The summed E-state index contributed by atoms with van der Waals surface area (Å²) in [5, 5.41) is 0. The van der Waals surface area contributed by atoms with Gasteiger partial charge in [-0.1, -0.05) is 324 Å². The van der Waals surface area contributed by atoms with Crippen molar-refractivity contribution in [2.24, 2.45) is 11.8 Å². The Labute approximate surface area is 438 Å². The lowest BCUT2D eigenvalue weighted by molar-refractivity contribution is -0.167. The third-order valence-electron chi connectivity index (χ3n) is 14.7. The molecule has 0 aliphatic heterocycles. The summed E-state index contributed by atoms with van der Waals surface area (Å²) in [5.41, 5.74) is 0. The summed E-state index contributed by atoms with van der Waals surface area (Å²) >= 11 is 0. The second-order valence-corrected chi connectivity index (χ2v) is 23.0. The summed E-state index contributed by atoms with van der Waals surface area (Å²) in [5.74, 6) is 0.844. The Kier molecular flexibility index (Phi) is 55.4. The van der Waals surface area contributed by atoms with E-state index in [4.69, 9.17) is 14.2 Å². The fourth-order valence-corrected chi connectivity index (χ4v) is 9.93. The summed E-state index contributed by atoms with van der Waals surface area (Å²) in [6.07, 6.45) is 62.5. The van der Waals surface area contributed by atoms with Crippen LogP contribution in [-0.2, 0) is 28.6 Å². The van der Waals surface area contributed by atoms with Crippen LogP contribution in [0, 0.1) is 11.8 Å². The van der Waals surface area contributed by atoms with Crippen LogP contribution < -0.4 is 0 Å². The zero-order chi connectivity index (χ0) is 51.1. The lowest BCUT2D eigenvalue weighted by Gasteiger charge is -2.18. The number of ether oxygens (including phenoxy) is 3. The average Bonchev–Trinajstić information content (AvgIpc) is 3.33. The molecule has 0 aliphatic carbocycles. The van der Waals surface area contributed by atoms with Crippen molar-refractivity contribution in [3.63, 3.8) is 0 Å². The predicted molar refractivity (Wildman–Crippen MR) is 303 cm³/mol. The highest BCUT2D eigenvalue weighted by Gasteiger charge is 2.19. The highest BCUT2D eigenvalue weighted by molar-refractivity contribution is 5.71. The SMILES string of the molecule is CCCCCCCCCCCCCCCCCCCCC(=O)O[C@H](COC(=O)CCCCCCCCCCCCCCCCCCCCC(C)C)COC(=O)CCCCCCCCCCCCC(C)C. The molecule has 0 rings (SSSR count). The van der Waals surface area contributed by atoms with Gasteiger partial charge in [0.05, 0.1) is 0 Å². The summed E-state index contributed by atoms with van der Waals surface area (Å²) in [6.45, 7) is 11.4. The zero-order valence-electron chi connectivity index (χ0n) is 48.2. The maximum absolute atomic E-state index is 12.9. The van der Waals surface area contributed by atoms with Gasteiger partial charge >= 0.3 is 17.9 Å². The molecule has 0 saturated heterocycles. The molecule has 0 bridgehead atoms. The Morgan fingerprint density at radius 3 is 0.700 bits per heavy atom. The Morgan fingerprint density at radius 2 is 0.471 bits per heavy atom. The average molecular weight is 990 g/mol. The molecule has 6 heteroatoms. The van der Waals surface area contributed by atoms with E-state index < -0.39 is 6.10 Å². The Hall–Kier alpha value is -1.59. The lowest BCUT2D eigenvalue weighted by Crippen LogP contribution is -2.30. The predicted octanol–water partition coefficient (Wildman–Crippen LogP) is 21.2. The van der Waals surface area contributed by atoms with Crippen molar-refractivity contribution >= 4 is 17.9 Å². The van der Waals surface area contributed by atoms with Crippen molar-refractivity contribution in [2.75, 3.05) is 13.2 Å². The van der Waals surface area contributed by atoms with Crippen LogP contribution >= 0.6 is 0 Å². The van der Waals surface area contributed by atoms with Crippen LogP contribution in [0.25, 0.3) is 0 Å². The van der Waals surface area contributed by atoms with E-state index in [0.717, 1.165) is 69.6 Å². The molecule has 70 heavy (non-hydrogen) atoms. The molecule has 0 fully saturated rings. The fraction of sp³-hybridized carbons (Fsp3) is 0.953. The number of hydrogen-bond acceptors (Lipinski definition) is 6. The molecule has 1 atom stereocenters. The number of esters is 3. The topological polar surface area (TPSA) is 78.9 Å². The summed E-state index contributed by atoms with van der Waals surface area (Å²) in [6, 6.07) is 0. The van der Waals surface area contributed by atoms with Gasteiger partial charge in [-0.3, -0.25) is 14.4 Å². The minimum atomic E-state index is -0.763. The Balaban J connectivity index is 4.25. The fourth-order valence-electron chi connectivity index (χ4n) is 9.93. The second-order valence-electron chi connectivity index (χ2n) is 23.0. The minimum Gasteiger partial charge on any atom is -0.462 e. The number of rotatable bonds is 58. The zero-order valence-corrected chi connectivity index (χ0v) is 48.2. The molecule has 0 spiro atoms. The van der Waals surface area contributed by atoms with Crippen LogP contribution in [0.3, 0.4) is 0 Å². The van der Waals surface area contributed by atoms with Gasteiger partial charge in [0.1, 0.15) is 13.2 Å². The smallest absolute Gasteiger partial charge is 0.306 e.